The molecular weight excluding hydrogens is 366 g/mol. The van der Waals surface area contributed by atoms with Crippen LogP contribution in [-0.4, -0.2) is 38.5 Å². The number of amides is 3. The molecule has 2 aromatic rings. The second-order valence-electron chi connectivity index (χ2n) is 8.16. The van der Waals surface area contributed by atoms with Crippen LogP contribution in [0.1, 0.15) is 60.2 Å². The van der Waals surface area contributed by atoms with Gasteiger partial charge in [-0.1, -0.05) is 49.1 Å². The highest BCUT2D eigenvalue weighted by Crippen LogP contribution is 2.33. The van der Waals surface area contributed by atoms with Crippen LogP contribution < -0.4 is 5.32 Å². The Kier molecular flexibility index (Phi) is 4.98. The fourth-order valence-corrected chi connectivity index (χ4v) is 4.24. The normalized spacial score (nSPS) is 18.8. The van der Waals surface area contributed by atoms with Gasteiger partial charge in [-0.25, -0.2) is 4.79 Å². The molecule has 0 bridgehead atoms. The lowest BCUT2D eigenvalue weighted by Crippen LogP contribution is -2.48. The molecular formula is C22H27N5O2. The fraction of sp³-hybridized carbons (Fsp3) is 0.455. The van der Waals surface area contributed by atoms with Crippen molar-refractivity contribution in [1.82, 2.24) is 20.1 Å². The number of aromatic nitrogens is 2. The van der Waals surface area contributed by atoms with Gasteiger partial charge in [0, 0.05) is 11.3 Å². The van der Waals surface area contributed by atoms with E-state index in [0.717, 1.165) is 46.8 Å². The zero-order valence-corrected chi connectivity index (χ0v) is 17.2. The number of hydrazone groups is 1. The van der Waals surface area contributed by atoms with E-state index in [1.165, 1.54) is 5.56 Å². The van der Waals surface area contributed by atoms with Crippen molar-refractivity contribution in [3.63, 3.8) is 0 Å². The van der Waals surface area contributed by atoms with Gasteiger partial charge in [-0.2, -0.15) is 10.2 Å². The van der Waals surface area contributed by atoms with Crippen molar-refractivity contribution in [2.24, 2.45) is 5.10 Å². The first-order valence-corrected chi connectivity index (χ1v) is 10.2. The van der Waals surface area contributed by atoms with Crippen LogP contribution in [0.25, 0.3) is 0 Å². The highest BCUT2D eigenvalue weighted by atomic mass is 16.2. The van der Waals surface area contributed by atoms with Crippen molar-refractivity contribution < 1.29 is 9.59 Å². The topological polar surface area (TPSA) is 79.6 Å². The summed E-state index contributed by atoms with van der Waals surface area (Å²) in [6.07, 6.45) is 5.97. The number of carbonyl (C=O) groups is 2. The van der Waals surface area contributed by atoms with Crippen molar-refractivity contribution >= 4 is 18.2 Å². The number of hydrogen-bond acceptors (Lipinski definition) is 4. The smallest absolute Gasteiger partial charge is 0.321 e. The first-order valence-electron chi connectivity index (χ1n) is 10.2. The van der Waals surface area contributed by atoms with Gasteiger partial charge in [0.15, 0.2) is 0 Å². The number of benzene rings is 1. The molecule has 1 aliphatic heterocycles. The van der Waals surface area contributed by atoms with E-state index in [4.69, 9.17) is 0 Å². The van der Waals surface area contributed by atoms with Crippen LogP contribution >= 0.6 is 0 Å². The van der Waals surface area contributed by atoms with E-state index >= 15 is 0 Å². The predicted octanol–water partition coefficient (Wildman–Crippen LogP) is 3.45. The molecule has 2 aliphatic rings. The molecule has 0 atom stereocenters. The molecule has 1 aromatic heterocycles. The standard InChI is InChI=1S/C22H27N5O2/c1-15-7-9-18(10-8-15)14-26-17(3)19(16(2)25-26)13-23-27-20(28)22(24-21(27)29)11-5-4-6-12-22/h7-10,13H,4-6,11-12,14H2,1-3H3,(H,24,29). The van der Waals surface area contributed by atoms with E-state index in [1.54, 1.807) is 6.21 Å². The number of nitrogens with one attached hydrogen (secondary N) is 1. The van der Waals surface area contributed by atoms with Crippen molar-refractivity contribution in [2.75, 3.05) is 0 Å². The number of nitrogens with zero attached hydrogens (tertiary/aromatic N) is 4. The molecule has 2 fully saturated rings. The summed E-state index contributed by atoms with van der Waals surface area (Å²) in [6.45, 7) is 6.61. The van der Waals surface area contributed by atoms with E-state index < -0.39 is 11.6 Å². The molecule has 1 saturated heterocycles. The number of imide groups is 1. The van der Waals surface area contributed by atoms with Crippen molar-refractivity contribution in [2.45, 2.75) is 65.0 Å². The van der Waals surface area contributed by atoms with E-state index in [0.29, 0.717) is 19.4 Å². The van der Waals surface area contributed by atoms with Crippen LogP contribution in [0.3, 0.4) is 0 Å². The SMILES string of the molecule is Cc1ccc(Cn2nc(C)c(C=NN3C(=O)NC4(CCCCC4)C3=O)c2C)cc1. The lowest BCUT2D eigenvalue weighted by atomic mass is 9.82. The summed E-state index contributed by atoms with van der Waals surface area (Å²) in [4.78, 5) is 25.2. The van der Waals surface area contributed by atoms with Gasteiger partial charge >= 0.3 is 6.03 Å². The summed E-state index contributed by atoms with van der Waals surface area (Å²) < 4.78 is 1.93. The molecule has 1 aromatic carbocycles. The van der Waals surface area contributed by atoms with Crippen LogP contribution in [0.15, 0.2) is 29.4 Å². The van der Waals surface area contributed by atoms with E-state index in [-0.39, 0.29) is 5.91 Å². The molecule has 3 amide bonds. The monoisotopic (exact) mass is 393 g/mol. The molecule has 29 heavy (non-hydrogen) atoms. The Morgan fingerprint density at radius 3 is 2.48 bits per heavy atom. The van der Waals surface area contributed by atoms with Gasteiger partial charge in [0.25, 0.3) is 5.91 Å². The third-order valence-electron chi connectivity index (χ3n) is 6.04. The molecule has 1 saturated carbocycles. The Balaban J connectivity index is 1.54. The number of hydrogen-bond donors (Lipinski definition) is 1. The largest absolute Gasteiger partial charge is 0.346 e. The fourth-order valence-electron chi connectivity index (χ4n) is 4.24. The minimum Gasteiger partial charge on any atom is -0.321 e. The lowest BCUT2D eigenvalue weighted by Gasteiger charge is -2.29. The number of aryl methyl sites for hydroxylation is 2. The Labute approximate surface area is 170 Å². The Hall–Kier alpha value is -2.96. The highest BCUT2D eigenvalue weighted by Gasteiger charge is 2.51. The summed E-state index contributed by atoms with van der Waals surface area (Å²) in [6, 6.07) is 7.92. The van der Waals surface area contributed by atoms with Crippen LogP contribution in [0.2, 0.25) is 0 Å². The van der Waals surface area contributed by atoms with Gasteiger partial charge in [-0.3, -0.25) is 9.48 Å². The van der Waals surface area contributed by atoms with Crippen LogP contribution in [-0.2, 0) is 11.3 Å². The van der Waals surface area contributed by atoms with Crippen LogP contribution in [0.5, 0.6) is 0 Å². The second kappa shape index (κ2) is 7.46. The second-order valence-corrected chi connectivity index (χ2v) is 8.16. The van der Waals surface area contributed by atoms with E-state index in [9.17, 15) is 9.59 Å². The van der Waals surface area contributed by atoms with Crippen molar-refractivity contribution in [3.8, 4) is 0 Å². The Morgan fingerprint density at radius 2 is 1.79 bits per heavy atom. The maximum Gasteiger partial charge on any atom is 0.346 e. The lowest BCUT2D eigenvalue weighted by molar-refractivity contribution is -0.132. The van der Waals surface area contributed by atoms with Crippen molar-refractivity contribution in [1.29, 1.82) is 0 Å². The average Bonchev–Trinajstić information content (AvgIpc) is 3.09. The summed E-state index contributed by atoms with van der Waals surface area (Å²) in [5.41, 5.74) is 4.23. The first-order chi connectivity index (χ1) is 13.9. The Morgan fingerprint density at radius 1 is 1.10 bits per heavy atom. The molecule has 7 nitrogen and oxygen atoms in total. The molecule has 152 valence electrons. The van der Waals surface area contributed by atoms with E-state index in [1.807, 2.05) is 18.5 Å². The van der Waals surface area contributed by atoms with E-state index in [2.05, 4.69) is 46.7 Å². The van der Waals surface area contributed by atoms with Crippen molar-refractivity contribution in [3.05, 3.63) is 52.3 Å². The highest BCUT2D eigenvalue weighted by molar-refractivity contribution is 6.07. The first kappa shape index (κ1) is 19.4. The molecule has 0 radical (unpaired) electrons. The molecule has 2 heterocycles. The molecule has 0 unspecified atom stereocenters. The Bertz CT molecular complexity index is 968. The molecule has 4 rings (SSSR count). The van der Waals surface area contributed by atoms with Crippen LogP contribution in [0, 0.1) is 20.8 Å². The summed E-state index contributed by atoms with van der Waals surface area (Å²) in [7, 11) is 0. The quantitative estimate of drug-likeness (QED) is 0.638. The maximum atomic E-state index is 12.9. The minimum atomic E-state index is -0.758. The number of rotatable bonds is 4. The average molecular weight is 393 g/mol. The molecule has 1 aliphatic carbocycles. The van der Waals surface area contributed by atoms with Gasteiger partial charge in [0.05, 0.1) is 18.5 Å². The van der Waals surface area contributed by atoms with Gasteiger partial charge in [-0.15, -0.1) is 5.01 Å². The zero-order chi connectivity index (χ0) is 20.6. The van der Waals surface area contributed by atoms with Gasteiger partial charge in [-0.05, 0) is 39.2 Å². The molecule has 1 N–H and O–H groups in total. The third kappa shape index (κ3) is 3.57. The summed E-state index contributed by atoms with van der Waals surface area (Å²) >= 11 is 0. The van der Waals surface area contributed by atoms with Gasteiger partial charge < -0.3 is 5.32 Å². The maximum absolute atomic E-state index is 12.9. The number of urea groups is 1. The third-order valence-corrected chi connectivity index (χ3v) is 6.04. The molecule has 7 heteroatoms. The molecule has 1 spiro atoms. The van der Waals surface area contributed by atoms with Gasteiger partial charge in [0.2, 0.25) is 0 Å². The predicted molar refractivity (Wildman–Crippen MR) is 111 cm³/mol. The summed E-state index contributed by atoms with van der Waals surface area (Å²) in [5.74, 6) is -0.235. The number of carbonyl (C=O) groups excluding carboxylic acids is 2. The summed E-state index contributed by atoms with van der Waals surface area (Å²) in [5, 5.41) is 12.7. The van der Waals surface area contributed by atoms with Gasteiger partial charge in [0.1, 0.15) is 5.54 Å². The minimum absolute atomic E-state index is 0.235. The van der Waals surface area contributed by atoms with Crippen LogP contribution in [0.4, 0.5) is 4.79 Å². The zero-order valence-electron chi connectivity index (χ0n) is 17.2.